The molecule has 1 aliphatic heterocycles. The number of hydrogen-bond donors (Lipinski definition) is 4. The predicted molar refractivity (Wildman–Crippen MR) is 33.0 cm³/mol. The number of nitrogens with one attached hydrogen (secondary N) is 1. The van der Waals surface area contributed by atoms with Crippen LogP contribution in [0.1, 0.15) is 0 Å². The van der Waals surface area contributed by atoms with Crippen molar-refractivity contribution in [3.8, 4) is 0 Å². The summed E-state index contributed by atoms with van der Waals surface area (Å²) < 4.78 is 0. The van der Waals surface area contributed by atoms with Crippen LogP contribution < -0.4 is 11.1 Å². The van der Waals surface area contributed by atoms with Gasteiger partial charge >= 0.3 is 0 Å². The monoisotopic (exact) mass is 146 g/mol. The number of aliphatic hydroxyl groups excluding tert-OH is 2. The quantitative estimate of drug-likeness (QED) is 0.296. The van der Waals surface area contributed by atoms with Gasteiger partial charge < -0.3 is 21.3 Å². The van der Waals surface area contributed by atoms with Crippen LogP contribution in [0.25, 0.3) is 0 Å². The first kappa shape index (κ1) is 7.46. The maximum atomic E-state index is 10.6. The zero-order valence-electron chi connectivity index (χ0n) is 5.32. The van der Waals surface area contributed by atoms with E-state index < -0.39 is 24.2 Å². The molecule has 3 unspecified atom stereocenters. The molecule has 1 amide bonds. The van der Waals surface area contributed by atoms with Crippen LogP contribution in [0, 0.1) is 0 Å². The van der Waals surface area contributed by atoms with Gasteiger partial charge in [0.05, 0.1) is 6.10 Å². The molecular weight excluding hydrogens is 136 g/mol. The van der Waals surface area contributed by atoms with Gasteiger partial charge in [-0.25, -0.2) is 0 Å². The van der Waals surface area contributed by atoms with Crippen LogP contribution in [0.15, 0.2) is 0 Å². The first-order chi connectivity index (χ1) is 4.63. The molecule has 5 heteroatoms. The minimum absolute atomic E-state index is 0.0771. The van der Waals surface area contributed by atoms with E-state index in [-0.39, 0.29) is 6.54 Å². The highest BCUT2D eigenvalue weighted by atomic mass is 16.3. The van der Waals surface area contributed by atoms with Crippen molar-refractivity contribution in [2.24, 2.45) is 5.73 Å². The molecule has 0 aromatic carbocycles. The SMILES string of the molecule is NC1C(=O)NCC(O)C1O. The van der Waals surface area contributed by atoms with Crippen molar-refractivity contribution in [2.45, 2.75) is 18.2 Å². The molecule has 1 saturated heterocycles. The Morgan fingerprint density at radius 1 is 1.60 bits per heavy atom. The second kappa shape index (κ2) is 2.53. The van der Waals surface area contributed by atoms with E-state index in [2.05, 4.69) is 5.32 Å². The van der Waals surface area contributed by atoms with Gasteiger partial charge in [-0.05, 0) is 0 Å². The molecular formula is C5H10N2O3. The molecule has 0 aliphatic carbocycles. The second-order valence-corrected chi connectivity index (χ2v) is 2.33. The number of aliphatic hydroxyl groups is 2. The van der Waals surface area contributed by atoms with E-state index in [0.717, 1.165) is 0 Å². The van der Waals surface area contributed by atoms with Gasteiger partial charge in [0.2, 0.25) is 5.91 Å². The fraction of sp³-hybridized carbons (Fsp3) is 0.800. The van der Waals surface area contributed by atoms with E-state index in [1.165, 1.54) is 0 Å². The standard InChI is InChI=1S/C5H10N2O3/c6-3-4(9)2(8)1-7-5(3)10/h2-4,8-9H,1,6H2,(H,7,10). The lowest BCUT2D eigenvalue weighted by Gasteiger charge is -2.28. The van der Waals surface area contributed by atoms with Crippen LogP contribution in [-0.4, -0.2) is 40.9 Å². The maximum absolute atomic E-state index is 10.6. The highest BCUT2D eigenvalue weighted by Gasteiger charge is 2.33. The second-order valence-electron chi connectivity index (χ2n) is 2.33. The lowest BCUT2D eigenvalue weighted by molar-refractivity contribution is -0.132. The van der Waals surface area contributed by atoms with Crippen molar-refractivity contribution in [2.75, 3.05) is 6.54 Å². The largest absolute Gasteiger partial charge is 0.389 e. The summed E-state index contributed by atoms with van der Waals surface area (Å²) in [5.41, 5.74) is 5.19. The number of piperidine rings is 1. The Balaban J connectivity index is 2.60. The topological polar surface area (TPSA) is 95.6 Å². The van der Waals surface area contributed by atoms with Crippen LogP contribution >= 0.6 is 0 Å². The lowest BCUT2D eigenvalue weighted by atomic mass is 10.0. The molecule has 3 atom stereocenters. The molecule has 1 aliphatic rings. The number of β-amino-alcohol motifs (C(OH)–C–C–N with tert-alkyl or cyclic N) is 1. The Hall–Kier alpha value is -0.650. The molecule has 5 nitrogen and oxygen atoms in total. The van der Waals surface area contributed by atoms with E-state index in [1.54, 1.807) is 0 Å². The Bertz CT molecular complexity index is 150. The number of nitrogens with two attached hydrogens (primary N) is 1. The molecule has 0 aromatic rings. The van der Waals surface area contributed by atoms with E-state index >= 15 is 0 Å². The summed E-state index contributed by atoms with van der Waals surface area (Å²) in [5, 5.41) is 20.2. The summed E-state index contributed by atoms with van der Waals surface area (Å²) in [7, 11) is 0. The molecule has 1 heterocycles. The maximum Gasteiger partial charge on any atom is 0.239 e. The summed E-state index contributed by atoms with van der Waals surface area (Å²) in [6, 6.07) is -0.997. The Morgan fingerprint density at radius 3 is 2.70 bits per heavy atom. The third-order valence-electron chi connectivity index (χ3n) is 1.55. The normalized spacial score (nSPS) is 41.1. The summed E-state index contributed by atoms with van der Waals surface area (Å²) in [5.74, 6) is -0.419. The number of rotatable bonds is 0. The fourth-order valence-corrected chi connectivity index (χ4v) is 0.838. The average molecular weight is 146 g/mol. The van der Waals surface area contributed by atoms with Crippen molar-refractivity contribution < 1.29 is 15.0 Å². The van der Waals surface area contributed by atoms with Gasteiger partial charge in [-0.1, -0.05) is 0 Å². The van der Waals surface area contributed by atoms with Gasteiger partial charge in [0.15, 0.2) is 0 Å². The highest BCUT2D eigenvalue weighted by molar-refractivity contribution is 5.83. The fourth-order valence-electron chi connectivity index (χ4n) is 0.838. The average Bonchev–Trinajstić information content (AvgIpc) is 1.93. The van der Waals surface area contributed by atoms with Crippen LogP contribution in [0.2, 0.25) is 0 Å². The zero-order chi connectivity index (χ0) is 7.72. The van der Waals surface area contributed by atoms with Gasteiger partial charge in [-0.3, -0.25) is 4.79 Å². The van der Waals surface area contributed by atoms with E-state index in [4.69, 9.17) is 15.9 Å². The minimum Gasteiger partial charge on any atom is -0.389 e. The Kier molecular flexibility index (Phi) is 1.89. The summed E-state index contributed by atoms with van der Waals surface area (Å²) in [6.07, 6.45) is -2.07. The first-order valence-corrected chi connectivity index (χ1v) is 3.02. The number of hydrogen-bond acceptors (Lipinski definition) is 4. The van der Waals surface area contributed by atoms with Gasteiger partial charge in [0.1, 0.15) is 12.1 Å². The van der Waals surface area contributed by atoms with Gasteiger partial charge in [-0.15, -0.1) is 0 Å². The molecule has 0 bridgehead atoms. The number of carbonyl (C=O) groups excluding carboxylic acids is 1. The van der Waals surface area contributed by atoms with E-state index in [1.807, 2.05) is 0 Å². The molecule has 0 saturated carbocycles. The number of carbonyl (C=O) groups is 1. The number of amides is 1. The first-order valence-electron chi connectivity index (χ1n) is 3.02. The van der Waals surface area contributed by atoms with Crippen molar-refractivity contribution in [3.63, 3.8) is 0 Å². The predicted octanol–water partition coefficient (Wildman–Crippen LogP) is -2.83. The van der Waals surface area contributed by atoms with Crippen molar-refractivity contribution >= 4 is 5.91 Å². The summed E-state index contributed by atoms with van der Waals surface area (Å²) in [4.78, 5) is 10.6. The third-order valence-corrected chi connectivity index (χ3v) is 1.55. The smallest absolute Gasteiger partial charge is 0.239 e. The molecule has 1 rings (SSSR count). The van der Waals surface area contributed by atoms with Gasteiger partial charge in [0, 0.05) is 6.54 Å². The van der Waals surface area contributed by atoms with Crippen LogP contribution in [0.3, 0.4) is 0 Å². The van der Waals surface area contributed by atoms with Gasteiger partial charge in [-0.2, -0.15) is 0 Å². The molecule has 1 fully saturated rings. The van der Waals surface area contributed by atoms with Crippen molar-refractivity contribution in [1.29, 1.82) is 0 Å². The molecule has 10 heavy (non-hydrogen) atoms. The van der Waals surface area contributed by atoms with Gasteiger partial charge in [0.25, 0.3) is 0 Å². The molecule has 0 radical (unpaired) electrons. The lowest BCUT2D eigenvalue weighted by Crippen LogP contribution is -2.60. The van der Waals surface area contributed by atoms with E-state index in [0.29, 0.717) is 0 Å². The molecule has 58 valence electrons. The Labute approximate surface area is 57.8 Å². The summed E-state index contributed by atoms with van der Waals surface area (Å²) in [6.45, 7) is 0.0771. The Morgan fingerprint density at radius 2 is 2.20 bits per heavy atom. The van der Waals surface area contributed by atoms with Crippen LogP contribution in [0.4, 0.5) is 0 Å². The minimum atomic E-state index is -1.13. The highest BCUT2D eigenvalue weighted by Crippen LogP contribution is 2.02. The van der Waals surface area contributed by atoms with Crippen molar-refractivity contribution in [1.82, 2.24) is 5.32 Å². The van der Waals surface area contributed by atoms with Crippen molar-refractivity contribution in [3.05, 3.63) is 0 Å². The molecule has 0 aromatic heterocycles. The molecule has 5 N–H and O–H groups in total. The van der Waals surface area contributed by atoms with Crippen LogP contribution in [0.5, 0.6) is 0 Å². The third kappa shape index (κ3) is 1.11. The molecule has 0 spiro atoms. The van der Waals surface area contributed by atoms with Crippen LogP contribution in [-0.2, 0) is 4.79 Å². The summed E-state index contributed by atoms with van der Waals surface area (Å²) >= 11 is 0. The van der Waals surface area contributed by atoms with E-state index in [9.17, 15) is 4.79 Å². The zero-order valence-corrected chi connectivity index (χ0v) is 5.32.